The van der Waals surface area contributed by atoms with Gasteiger partial charge >= 0.3 is 12.2 Å². The molecule has 2 aromatic carbocycles. The van der Waals surface area contributed by atoms with Gasteiger partial charge in [0.1, 0.15) is 0 Å². The minimum atomic E-state index is -4.43. The number of amides is 2. The first-order valence-electron chi connectivity index (χ1n) is 9.08. The van der Waals surface area contributed by atoms with Gasteiger partial charge in [-0.15, -0.1) is 0 Å². The van der Waals surface area contributed by atoms with Crippen LogP contribution in [0.25, 0.3) is 0 Å². The Morgan fingerprint density at radius 3 is 2.43 bits per heavy atom. The standard InChI is InChI=1S/C20H17ClF3N5O/c21-15-10-25-28(11-15)17-12-29(27-18(17)13-4-2-1-3-5-13)19(30)26-16-8-6-14(7-9-16)20(22,23)24/h1-11,17-18,27H,12H2,(H,26,30). The third-order valence-corrected chi connectivity index (χ3v) is 5.02. The number of carbonyl (C=O) groups excluding carboxylic acids is 1. The van der Waals surface area contributed by atoms with Gasteiger partial charge in [-0.3, -0.25) is 9.69 Å². The predicted molar refractivity (Wildman–Crippen MR) is 106 cm³/mol. The van der Waals surface area contributed by atoms with Crippen LogP contribution >= 0.6 is 11.6 Å². The average Bonchev–Trinajstić information content (AvgIpc) is 3.35. The van der Waals surface area contributed by atoms with Crippen LogP contribution in [0.3, 0.4) is 0 Å². The summed E-state index contributed by atoms with van der Waals surface area (Å²) in [6, 6.07) is 12.9. The van der Waals surface area contributed by atoms with Crippen molar-refractivity contribution < 1.29 is 18.0 Å². The molecule has 2 unspecified atom stereocenters. The molecule has 2 heterocycles. The molecule has 30 heavy (non-hydrogen) atoms. The quantitative estimate of drug-likeness (QED) is 0.615. The van der Waals surface area contributed by atoms with E-state index in [9.17, 15) is 18.0 Å². The summed E-state index contributed by atoms with van der Waals surface area (Å²) in [6.45, 7) is 0.282. The second-order valence-corrected chi connectivity index (χ2v) is 7.28. The molecular formula is C20H17ClF3N5O. The number of halogens is 4. The fourth-order valence-electron chi connectivity index (χ4n) is 3.36. The SMILES string of the molecule is O=C(Nc1ccc(C(F)(F)F)cc1)N1CC(n2cc(Cl)cn2)C(c2ccccc2)N1. The molecule has 0 radical (unpaired) electrons. The van der Waals surface area contributed by atoms with Crippen molar-refractivity contribution in [1.29, 1.82) is 0 Å². The average molecular weight is 436 g/mol. The molecule has 0 saturated carbocycles. The third kappa shape index (κ3) is 4.27. The molecule has 6 nitrogen and oxygen atoms in total. The molecule has 2 atom stereocenters. The van der Waals surface area contributed by atoms with Crippen molar-refractivity contribution in [2.45, 2.75) is 18.3 Å². The second kappa shape index (κ2) is 8.00. The van der Waals surface area contributed by atoms with Crippen LogP contribution in [0.5, 0.6) is 0 Å². The van der Waals surface area contributed by atoms with E-state index in [1.165, 1.54) is 23.3 Å². The molecule has 2 N–H and O–H groups in total. The molecule has 1 aromatic heterocycles. The summed E-state index contributed by atoms with van der Waals surface area (Å²) in [5.41, 5.74) is 3.60. The van der Waals surface area contributed by atoms with Crippen LogP contribution in [0.15, 0.2) is 67.0 Å². The first-order valence-corrected chi connectivity index (χ1v) is 9.45. The van der Waals surface area contributed by atoms with Crippen molar-refractivity contribution in [2.75, 3.05) is 11.9 Å². The number of alkyl halides is 3. The Hall–Kier alpha value is -3.04. The molecule has 0 aliphatic carbocycles. The van der Waals surface area contributed by atoms with E-state index >= 15 is 0 Å². The molecule has 4 rings (SSSR count). The van der Waals surface area contributed by atoms with Gasteiger partial charge in [0.2, 0.25) is 0 Å². The number of rotatable bonds is 3. The normalized spacial score (nSPS) is 19.1. The molecule has 10 heteroatoms. The molecule has 1 aliphatic rings. The summed E-state index contributed by atoms with van der Waals surface area (Å²) in [5.74, 6) is 0. The number of benzene rings is 2. The van der Waals surface area contributed by atoms with Crippen molar-refractivity contribution in [3.63, 3.8) is 0 Å². The summed E-state index contributed by atoms with van der Waals surface area (Å²) < 4.78 is 39.8. The maximum absolute atomic E-state index is 12.7. The van der Waals surface area contributed by atoms with E-state index in [1.54, 1.807) is 10.9 Å². The predicted octanol–water partition coefficient (Wildman–Crippen LogP) is 4.89. The first-order chi connectivity index (χ1) is 14.3. The van der Waals surface area contributed by atoms with E-state index in [0.29, 0.717) is 5.02 Å². The van der Waals surface area contributed by atoms with Gasteiger partial charge in [-0.25, -0.2) is 10.2 Å². The lowest BCUT2D eigenvalue weighted by Crippen LogP contribution is -2.40. The van der Waals surface area contributed by atoms with E-state index in [0.717, 1.165) is 17.7 Å². The zero-order valence-corrected chi connectivity index (χ0v) is 16.2. The number of urea groups is 1. The van der Waals surface area contributed by atoms with Crippen molar-refractivity contribution in [3.8, 4) is 0 Å². The minimum absolute atomic E-state index is 0.224. The van der Waals surface area contributed by atoms with Crippen molar-refractivity contribution in [2.24, 2.45) is 0 Å². The van der Waals surface area contributed by atoms with Crippen molar-refractivity contribution >= 4 is 23.3 Å². The van der Waals surface area contributed by atoms with Gasteiger partial charge in [-0.05, 0) is 29.8 Å². The van der Waals surface area contributed by atoms with Crippen molar-refractivity contribution in [1.82, 2.24) is 20.2 Å². The van der Waals surface area contributed by atoms with Crippen LogP contribution < -0.4 is 10.7 Å². The lowest BCUT2D eigenvalue weighted by molar-refractivity contribution is -0.137. The lowest BCUT2D eigenvalue weighted by Gasteiger charge is -2.19. The maximum atomic E-state index is 12.7. The Kier molecular flexibility index (Phi) is 5.40. The number of aromatic nitrogens is 2. The van der Waals surface area contributed by atoms with Gasteiger partial charge in [0.15, 0.2) is 0 Å². The summed E-state index contributed by atoms with van der Waals surface area (Å²) >= 11 is 6.01. The van der Waals surface area contributed by atoms with Gasteiger partial charge in [0.25, 0.3) is 0 Å². The van der Waals surface area contributed by atoms with Crippen LogP contribution in [-0.2, 0) is 6.18 Å². The molecule has 0 bridgehead atoms. The van der Waals surface area contributed by atoms with Crippen LogP contribution in [0.2, 0.25) is 5.02 Å². The molecule has 156 valence electrons. The Bertz CT molecular complexity index is 1020. The Labute approximate surface area is 175 Å². The zero-order valence-electron chi connectivity index (χ0n) is 15.5. The van der Waals surface area contributed by atoms with Gasteiger partial charge in [0.05, 0.1) is 35.4 Å². The van der Waals surface area contributed by atoms with Crippen LogP contribution in [0.1, 0.15) is 23.2 Å². The fourth-order valence-corrected chi connectivity index (χ4v) is 3.51. The van der Waals surface area contributed by atoms with Gasteiger partial charge in [-0.1, -0.05) is 41.9 Å². The summed E-state index contributed by atoms with van der Waals surface area (Å²) in [4.78, 5) is 12.7. The monoisotopic (exact) mass is 435 g/mol. The van der Waals surface area contributed by atoms with E-state index in [2.05, 4.69) is 15.8 Å². The smallest absolute Gasteiger partial charge is 0.307 e. The number of nitrogens with one attached hydrogen (secondary N) is 2. The first kappa shape index (κ1) is 20.2. The summed E-state index contributed by atoms with van der Waals surface area (Å²) in [5, 5.41) is 8.74. The third-order valence-electron chi connectivity index (χ3n) is 4.83. The van der Waals surface area contributed by atoms with Gasteiger partial charge < -0.3 is 5.32 Å². The number of nitrogens with zero attached hydrogens (tertiary/aromatic N) is 3. The molecule has 3 aromatic rings. The number of hydrogen-bond donors (Lipinski definition) is 2. The fraction of sp³-hybridized carbons (Fsp3) is 0.200. The van der Waals surface area contributed by atoms with Crippen LogP contribution in [-0.4, -0.2) is 27.4 Å². The van der Waals surface area contributed by atoms with E-state index in [1.807, 2.05) is 30.3 Å². The summed E-state index contributed by atoms with van der Waals surface area (Å²) in [6.07, 6.45) is -1.23. The topological polar surface area (TPSA) is 62.2 Å². The lowest BCUT2D eigenvalue weighted by atomic mass is 10.0. The van der Waals surface area contributed by atoms with Gasteiger partial charge in [0, 0.05) is 11.9 Å². The second-order valence-electron chi connectivity index (χ2n) is 6.84. The Morgan fingerprint density at radius 1 is 1.13 bits per heavy atom. The maximum Gasteiger partial charge on any atom is 0.416 e. The van der Waals surface area contributed by atoms with Gasteiger partial charge in [-0.2, -0.15) is 18.3 Å². The number of anilines is 1. The highest BCUT2D eigenvalue weighted by Crippen LogP contribution is 2.33. The Balaban J connectivity index is 1.52. The number of hydrazine groups is 1. The molecule has 0 spiro atoms. The number of hydrogen-bond acceptors (Lipinski definition) is 3. The number of carbonyl (C=O) groups is 1. The van der Waals surface area contributed by atoms with Crippen LogP contribution in [0.4, 0.5) is 23.7 Å². The minimum Gasteiger partial charge on any atom is -0.307 e. The highest BCUT2D eigenvalue weighted by atomic mass is 35.5. The van der Waals surface area contributed by atoms with Crippen molar-refractivity contribution in [3.05, 3.63) is 83.1 Å². The zero-order chi connectivity index (χ0) is 21.3. The van der Waals surface area contributed by atoms with E-state index < -0.39 is 17.8 Å². The molecule has 2 amide bonds. The highest BCUT2D eigenvalue weighted by Gasteiger charge is 2.38. The summed E-state index contributed by atoms with van der Waals surface area (Å²) in [7, 11) is 0. The molecule has 1 saturated heterocycles. The molecule has 1 aliphatic heterocycles. The van der Waals surface area contributed by atoms with E-state index in [-0.39, 0.29) is 24.3 Å². The molecular weight excluding hydrogens is 419 g/mol. The van der Waals surface area contributed by atoms with Crippen LogP contribution in [0, 0.1) is 0 Å². The molecule has 1 fully saturated rings. The largest absolute Gasteiger partial charge is 0.416 e. The van der Waals surface area contributed by atoms with E-state index in [4.69, 9.17) is 11.6 Å². The Morgan fingerprint density at radius 2 is 1.83 bits per heavy atom. The highest BCUT2D eigenvalue weighted by molar-refractivity contribution is 6.30.